The molecule has 0 atom stereocenters. The lowest BCUT2D eigenvalue weighted by atomic mass is 9.71. The fourth-order valence-electron chi connectivity index (χ4n) is 3.99. The third kappa shape index (κ3) is 3.50. The lowest BCUT2D eigenvalue weighted by Gasteiger charge is -2.51. The van der Waals surface area contributed by atoms with Gasteiger partial charge in [0, 0.05) is 0 Å². The molecule has 0 unspecified atom stereocenters. The summed E-state index contributed by atoms with van der Waals surface area (Å²) in [7, 11) is 0. The zero-order valence-electron chi connectivity index (χ0n) is 20.3. The number of aromatic nitrogens is 1. The second kappa shape index (κ2) is 9.12. The number of nitrogens with one attached hydrogen (secondary N) is 2. The van der Waals surface area contributed by atoms with Crippen molar-refractivity contribution in [3.05, 3.63) is 18.2 Å². The Morgan fingerprint density at radius 3 is 0.804 bits per heavy atom. The van der Waals surface area contributed by atoms with Crippen molar-refractivity contribution in [1.82, 2.24) is 4.98 Å². The maximum Gasteiger partial charge on any atom is 0.384 e. The van der Waals surface area contributed by atoms with E-state index in [-0.39, 0.29) is 28.8 Å². The zero-order valence-corrected chi connectivity index (χ0v) is 20.3. The fourth-order valence-corrected chi connectivity index (χ4v) is 3.99. The first-order valence-corrected chi connectivity index (χ1v) is 10.8. The number of pyridine rings is 1. The summed E-state index contributed by atoms with van der Waals surface area (Å²) in [5, 5.41) is 0.523. The number of carbonyl (C=O) groups excluding carboxylic acids is 2. The standard InChI is InChI=1S/C19H5F22N3O2/c20-8(10(22,23)14(30,31)18(38,39)15(32,33)11(8,24)25)6(45)43-4-2-1-3-5(42-4)44-7(46)9(21)12(26,27)16(34,35)19(40,41)17(36,37)13(9,28)29/h1-3H,(H2,42,43,44,45,46). The topological polar surface area (TPSA) is 71.1 Å². The van der Waals surface area contributed by atoms with E-state index in [1.165, 1.54) is 0 Å². The minimum atomic E-state index is -7.80. The van der Waals surface area contributed by atoms with Gasteiger partial charge in [0.25, 0.3) is 11.8 Å². The highest BCUT2D eigenvalue weighted by Crippen LogP contribution is 2.71. The molecule has 5 nitrogen and oxygen atoms in total. The second-order valence-corrected chi connectivity index (χ2v) is 9.38. The molecular weight excluding hydrogens is 720 g/mol. The predicted octanol–water partition coefficient (Wildman–Crippen LogP) is 6.76. The van der Waals surface area contributed by atoms with Crippen LogP contribution in [0.15, 0.2) is 18.2 Å². The van der Waals surface area contributed by atoms with Gasteiger partial charge in [-0.3, -0.25) is 9.59 Å². The largest absolute Gasteiger partial charge is 0.384 e. The molecule has 46 heavy (non-hydrogen) atoms. The number of anilines is 2. The van der Waals surface area contributed by atoms with Crippen molar-refractivity contribution >= 4 is 23.5 Å². The van der Waals surface area contributed by atoms with Crippen LogP contribution in [0.25, 0.3) is 0 Å². The van der Waals surface area contributed by atoms with Gasteiger partial charge in [-0.25, -0.2) is 13.8 Å². The second-order valence-electron chi connectivity index (χ2n) is 9.38. The molecule has 1 aromatic rings. The lowest BCUT2D eigenvalue weighted by molar-refractivity contribution is -0.475. The normalized spacial score (nSPS) is 29.2. The number of alkyl halides is 22. The van der Waals surface area contributed by atoms with Crippen molar-refractivity contribution in [3.63, 3.8) is 0 Å². The zero-order chi connectivity index (χ0) is 36.6. The average molecular weight is 725 g/mol. The van der Waals surface area contributed by atoms with E-state index < -0.39 is 94.0 Å². The van der Waals surface area contributed by atoms with E-state index in [9.17, 15) is 106 Å². The number of hydrogen-bond acceptors (Lipinski definition) is 3. The summed E-state index contributed by atoms with van der Waals surface area (Å²) >= 11 is 0. The van der Waals surface area contributed by atoms with Crippen LogP contribution < -0.4 is 10.6 Å². The SMILES string of the molecule is O=C(Nc1cccc(NC(=O)C2(F)C(F)(F)C(F)(F)C(F)(F)C(F)(F)C2(F)F)n1)C1(F)C(F)(F)C(F)(F)C(F)(F)C(F)(F)C1(F)F. The Bertz CT molecular complexity index is 1290. The summed E-state index contributed by atoms with van der Waals surface area (Å²) in [6.45, 7) is 0. The molecule has 1 aromatic heterocycles. The van der Waals surface area contributed by atoms with Crippen LogP contribution in [0.2, 0.25) is 0 Å². The molecule has 0 radical (unpaired) electrons. The van der Waals surface area contributed by atoms with Gasteiger partial charge in [-0.1, -0.05) is 6.07 Å². The first-order valence-electron chi connectivity index (χ1n) is 10.8. The van der Waals surface area contributed by atoms with Gasteiger partial charge in [-0.05, 0) is 12.1 Å². The summed E-state index contributed by atoms with van der Waals surface area (Å²) in [4.78, 5) is 26.3. The van der Waals surface area contributed by atoms with Gasteiger partial charge in [0.15, 0.2) is 0 Å². The molecule has 27 heteroatoms. The molecule has 2 fully saturated rings. The summed E-state index contributed by atoms with van der Waals surface area (Å²) in [5.74, 6) is -90.1. The molecule has 0 spiro atoms. The molecule has 2 saturated carbocycles. The van der Waals surface area contributed by atoms with Crippen molar-refractivity contribution in [3.8, 4) is 0 Å². The van der Waals surface area contributed by atoms with E-state index in [4.69, 9.17) is 0 Å². The van der Waals surface area contributed by atoms with Crippen LogP contribution >= 0.6 is 0 Å². The van der Waals surface area contributed by atoms with Gasteiger partial charge in [0.05, 0.1) is 0 Å². The Balaban J connectivity index is 2.06. The maximum absolute atomic E-state index is 14.8. The van der Waals surface area contributed by atoms with Gasteiger partial charge >= 0.3 is 70.6 Å². The van der Waals surface area contributed by atoms with E-state index in [1.54, 1.807) is 0 Å². The predicted molar refractivity (Wildman–Crippen MR) is 98.6 cm³/mol. The third-order valence-electron chi connectivity index (χ3n) is 6.74. The van der Waals surface area contributed by atoms with E-state index in [1.807, 2.05) is 0 Å². The molecule has 0 saturated heterocycles. The van der Waals surface area contributed by atoms with E-state index in [2.05, 4.69) is 4.98 Å². The van der Waals surface area contributed by atoms with Gasteiger partial charge in [-0.15, -0.1) is 0 Å². The molecule has 0 aliphatic heterocycles. The summed E-state index contributed by atoms with van der Waals surface area (Å²) < 4.78 is 304. The molecule has 2 amide bonds. The van der Waals surface area contributed by atoms with Crippen LogP contribution in [-0.2, 0) is 9.59 Å². The summed E-state index contributed by atoms with van der Waals surface area (Å²) in [6, 6.07) is -0.130. The van der Waals surface area contributed by atoms with Gasteiger partial charge in [-0.2, -0.15) is 87.8 Å². The number of nitrogens with zero attached hydrogens (tertiary/aromatic N) is 1. The van der Waals surface area contributed by atoms with E-state index in [0.717, 1.165) is 0 Å². The van der Waals surface area contributed by atoms with Crippen molar-refractivity contribution < 1.29 is 106 Å². The van der Waals surface area contributed by atoms with E-state index >= 15 is 0 Å². The fraction of sp³-hybridized carbons (Fsp3) is 0.632. The van der Waals surface area contributed by atoms with Crippen molar-refractivity contribution in [2.45, 2.75) is 70.6 Å². The van der Waals surface area contributed by atoms with Gasteiger partial charge < -0.3 is 10.6 Å². The Morgan fingerprint density at radius 1 is 0.391 bits per heavy atom. The molecule has 2 aliphatic rings. The van der Waals surface area contributed by atoms with Crippen LogP contribution in [0.3, 0.4) is 0 Å². The van der Waals surface area contributed by atoms with Crippen LogP contribution in [0.5, 0.6) is 0 Å². The number of hydrogen-bond donors (Lipinski definition) is 2. The number of amides is 2. The highest BCUT2D eigenvalue weighted by Gasteiger charge is 3.04. The summed E-state index contributed by atoms with van der Waals surface area (Å²) in [5.41, 5.74) is -14.8. The number of carbonyl (C=O) groups is 2. The minimum Gasteiger partial charge on any atom is -0.307 e. The monoisotopic (exact) mass is 725 g/mol. The van der Waals surface area contributed by atoms with Gasteiger partial charge in [0.1, 0.15) is 11.6 Å². The van der Waals surface area contributed by atoms with Crippen molar-refractivity contribution in [2.24, 2.45) is 0 Å². The minimum absolute atomic E-state index is 0.0388. The molecule has 0 bridgehead atoms. The van der Waals surface area contributed by atoms with Crippen LogP contribution in [0.1, 0.15) is 0 Å². The van der Waals surface area contributed by atoms with E-state index in [0.29, 0.717) is 0 Å². The smallest absolute Gasteiger partial charge is 0.307 e. The first kappa shape index (κ1) is 37.0. The van der Waals surface area contributed by atoms with Crippen molar-refractivity contribution in [2.75, 3.05) is 10.6 Å². The summed E-state index contributed by atoms with van der Waals surface area (Å²) in [6.07, 6.45) is 0. The molecule has 2 aliphatic carbocycles. The molecule has 2 N–H and O–H groups in total. The highest BCUT2D eigenvalue weighted by atomic mass is 19.4. The quantitative estimate of drug-likeness (QED) is 0.338. The molecule has 3 rings (SSSR count). The number of rotatable bonds is 4. The highest BCUT2D eigenvalue weighted by molar-refractivity contribution is 6.01. The molecule has 0 aromatic carbocycles. The lowest BCUT2D eigenvalue weighted by Crippen LogP contribution is -2.86. The molecule has 262 valence electrons. The third-order valence-corrected chi connectivity index (χ3v) is 6.74. The average Bonchev–Trinajstić information content (AvgIpc) is 2.89. The Labute approximate surface area is 235 Å². The number of halogens is 22. The maximum atomic E-state index is 14.8. The Hall–Kier alpha value is -3.45. The van der Waals surface area contributed by atoms with Crippen LogP contribution in [0, 0.1) is 0 Å². The van der Waals surface area contributed by atoms with Crippen molar-refractivity contribution in [1.29, 1.82) is 0 Å². The van der Waals surface area contributed by atoms with Crippen LogP contribution in [0.4, 0.5) is 108 Å². The Morgan fingerprint density at radius 2 is 0.587 bits per heavy atom. The molecule has 1 heterocycles. The Kier molecular flexibility index (Phi) is 7.34. The first-order chi connectivity index (χ1) is 20.0. The van der Waals surface area contributed by atoms with Crippen LogP contribution in [-0.4, -0.2) is 87.4 Å². The van der Waals surface area contributed by atoms with Gasteiger partial charge in [0.2, 0.25) is 0 Å². The molecular formula is C19H5F22N3O2.